The van der Waals surface area contributed by atoms with Gasteiger partial charge >= 0.3 is 5.97 Å². The number of carboxylic acids is 1. The molecule has 0 heterocycles. The average molecular weight is 456 g/mol. The molecule has 0 spiro atoms. The van der Waals surface area contributed by atoms with Crippen molar-refractivity contribution in [2.45, 2.75) is 25.7 Å². The lowest BCUT2D eigenvalue weighted by atomic mass is 10.1. The van der Waals surface area contributed by atoms with E-state index in [1.54, 1.807) is 50.2 Å². The maximum atomic E-state index is 13.1. The summed E-state index contributed by atoms with van der Waals surface area (Å²) < 4.78 is 40.1. The van der Waals surface area contributed by atoms with Crippen LogP contribution in [-0.2, 0) is 10.0 Å². The fourth-order valence-corrected chi connectivity index (χ4v) is 4.99. The van der Waals surface area contributed by atoms with Crippen molar-refractivity contribution in [3.8, 4) is 11.5 Å². The van der Waals surface area contributed by atoms with E-state index < -0.39 is 16.0 Å². The summed E-state index contributed by atoms with van der Waals surface area (Å²) in [4.78, 5) is 11.1. The van der Waals surface area contributed by atoms with Gasteiger partial charge in [-0.2, -0.15) is 0 Å². The minimum absolute atomic E-state index is 0.169. The summed E-state index contributed by atoms with van der Waals surface area (Å²) in [5.41, 5.74) is 2.86. The fraction of sp³-hybridized carbons (Fsp3) is 0.208. The standard InChI is InChI=1S/C24H25NO6S/c1-16-14-17(2)23(18(3)15-16)32(28,29)25-21-6-4-5-7-22(21)31-13-12-30-20-10-8-19(9-11-20)24(26)27/h4-11,14-15,25H,12-13H2,1-3H3,(H,26,27). The van der Waals surface area contributed by atoms with Crippen LogP contribution >= 0.6 is 0 Å². The maximum Gasteiger partial charge on any atom is 0.335 e. The molecule has 8 heteroatoms. The second-order valence-electron chi connectivity index (χ2n) is 7.36. The number of aryl methyl sites for hydroxylation is 3. The van der Waals surface area contributed by atoms with Crippen molar-refractivity contribution in [3.63, 3.8) is 0 Å². The topological polar surface area (TPSA) is 102 Å². The van der Waals surface area contributed by atoms with Gasteiger partial charge in [0.15, 0.2) is 0 Å². The third-order valence-corrected chi connectivity index (χ3v) is 6.39. The molecule has 0 saturated carbocycles. The second-order valence-corrected chi connectivity index (χ2v) is 8.98. The number of sulfonamides is 1. The van der Waals surface area contributed by atoms with E-state index in [1.807, 2.05) is 19.1 Å². The van der Waals surface area contributed by atoms with Crippen LogP contribution in [0.15, 0.2) is 65.6 Å². The van der Waals surface area contributed by atoms with Crippen molar-refractivity contribution >= 4 is 21.7 Å². The highest BCUT2D eigenvalue weighted by Gasteiger charge is 2.21. The molecule has 168 valence electrons. The van der Waals surface area contributed by atoms with Crippen LogP contribution in [0.1, 0.15) is 27.0 Å². The number of hydrogen-bond donors (Lipinski definition) is 2. The van der Waals surface area contributed by atoms with Gasteiger partial charge in [0.05, 0.1) is 16.1 Å². The number of rotatable bonds is 9. The van der Waals surface area contributed by atoms with E-state index in [0.29, 0.717) is 28.3 Å². The molecular formula is C24H25NO6S. The van der Waals surface area contributed by atoms with Crippen LogP contribution in [0.5, 0.6) is 11.5 Å². The number of benzene rings is 3. The number of aromatic carboxylic acids is 1. The first-order chi connectivity index (χ1) is 15.2. The fourth-order valence-electron chi connectivity index (χ4n) is 3.47. The predicted molar refractivity (Wildman–Crippen MR) is 122 cm³/mol. The molecule has 0 aliphatic rings. The molecule has 3 rings (SSSR count). The van der Waals surface area contributed by atoms with E-state index in [2.05, 4.69) is 4.72 Å². The zero-order chi connectivity index (χ0) is 23.3. The third-order valence-electron chi connectivity index (χ3n) is 4.72. The zero-order valence-electron chi connectivity index (χ0n) is 18.1. The van der Waals surface area contributed by atoms with Gasteiger partial charge in [-0.1, -0.05) is 29.8 Å². The van der Waals surface area contributed by atoms with Gasteiger partial charge in [0.2, 0.25) is 0 Å². The van der Waals surface area contributed by atoms with E-state index in [9.17, 15) is 13.2 Å². The summed E-state index contributed by atoms with van der Waals surface area (Å²) in [5, 5.41) is 8.93. The molecule has 0 unspecified atom stereocenters. The normalized spacial score (nSPS) is 11.1. The summed E-state index contributed by atoms with van der Waals surface area (Å²) in [6.45, 7) is 5.84. The molecule has 0 radical (unpaired) electrons. The molecule has 3 aromatic carbocycles. The second kappa shape index (κ2) is 9.74. The number of nitrogens with one attached hydrogen (secondary N) is 1. The van der Waals surface area contributed by atoms with Gasteiger partial charge in [-0.05, 0) is 68.3 Å². The van der Waals surface area contributed by atoms with Gasteiger partial charge in [-0.3, -0.25) is 4.72 Å². The molecule has 0 saturated heterocycles. The molecule has 32 heavy (non-hydrogen) atoms. The Hall–Kier alpha value is -3.52. The first-order valence-electron chi connectivity index (χ1n) is 9.96. The molecule has 0 aromatic heterocycles. The Balaban J connectivity index is 1.66. The third kappa shape index (κ3) is 5.59. The molecule has 2 N–H and O–H groups in total. The molecule has 0 atom stereocenters. The van der Waals surface area contributed by atoms with Crippen molar-refractivity contribution in [2.75, 3.05) is 17.9 Å². The van der Waals surface area contributed by atoms with E-state index >= 15 is 0 Å². The average Bonchev–Trinajstić information content (AvgIpc) is 2.71. The summed E-state index contributed by atoms with van der Waals surface area (Å²) in [5.74, 6) is -0.115. The monoisotopic (exact) mass is 455 g/mol. The Bertz CT molecular complexity index is 1200. The number of ether oxygens (including phenoxy) is 2. The highest BCUT2D eigenvalue weighted by molar-refractivity contribution is 7.92. The van der Waals surface area contributed by atoms with Crippen LogP contribution in [0.3, 0.4) is 0 Å². The van der Waals surface area contributed by atoms with E-state index in [0.717, 1.165) is 5.56 Å². The Morgan fingerprint density at radius 1 is 0.906 bits per heavy atom. The molecule has 7 nitrogen and oxygen atoms in total. The zero-order valence-corrected chi connectivity index (χ0v) is 18.9. The molecular weight excluding hydrogens is 430 g/mol. The Labute approximate surface area is 187 Å². The first kappa shape index (κ1) is 23.1. The number of carboxylic acid groups (broad SMARTS) is 1. The van der Waals surface area contributed by atoms with E-state index in [4.69, 9.17) is 14.6 Å². The Morgan fingerprint density at radius 2 is 1.50 bits per heavy atom. The lowest BCUT2D eigenvalue weighted by Gasteiger charge is -2.16. The first-order valence-corrected chi connectivity index (χ1v) is 11.4. The molecule has 3 aromatic rings. The van der Waals surface area contributed by atoms with Gasteiger partial charge in [-0.15, -0.1) is 0 Å². The van der Waals surface area contributed by atoms with Crippen LogP contribution in [0.2, 0.25) is 0 Å². The lowest BCUT2D eigenvalue weighted by Crippen LogP contribution is -2.17. The molecule has 0 aliphatic heterocycles. The number of carbonyl (C=O) groups is 1. The minimum Gasteiger partial charge on any atom is -0.490 e. The van der Waals surface area contributed by atoms with Crippen molar-refractivity contribution in [3.05, 3.63) is 82.9 Å². The molecule has 0 bridgehead atoms. The Morgan fingerprint density at radius 3 is 2.12 bits per heavy atom. The van der Waals surface area contributed by atoms with Crippen LogP contribution in [-0.4, -0.2) is 32.7 Å². The van der Waals surface area contributed by atoms with Gasteiger partial charge in [-0.25, -0.2) is 13.2 Å². The Kier molecular flexibility index (Phi) is 7.05. The SMILES string of the molecule is Cc1cc(C)c(S(=O)(=O)Nc2ccccc2OCCOc2ccc(C(=O)O)cc2)c(C)c1. The molecule has 0 fully saturated rings. The molecule has 0 aliphatic carbocycles. The highest BCUT2D eigenvalue weighted by Crippen LogP contribution is 2.29. The maximum absolute atomic E-state index is 13.1. The van der Waals surface area contributed by atoms with Crippen LogP contribution in [0.25, 0.3) is 0 Å². The number of hydrogen-bond acceptors (Lipinski definition) is 5. The summed E-state index contributed by atoms with van der Waals surface area (Å²) in [7, 11) is -3.81. The largest absolute Gasteiger partial charge is 0.490 e. The van der Waals surface area contributed by atoms with Crippen molar-refractivity contribution in [2.24, 2.45) is 0 Å². The van der Waals surface area contributed by atoms with Gasteiger partial charge < -0.3 is 14.6 Å². The quantitative estimate of drug-likeness (QED) is 0.458. The predicted octanol–water partition coefficient (Wildman–Crippen LogP) is 4.57. The summed E-state index contributed by atoms with van der Waals surface area (Å²) in [6.07, 6.45) is 0. The van der Waals surface area contributed by atoms with Crippen LogP contribution in [0, 0.1) is 20.8 Å². The minimum atomic E-state index is -3.81. The van der Waals surface area contributed by atoms with Crippen molar-refractivity contribution in [1.29, 1.82) is 0 Å². The van der Waals surface area contributed by atoms with Crippen molar-refractivity contribution < 1.29 is 27.8 Å². The van der Waals surface area contributed by atoms with Crippen LogP contribution < -0.4 is 14.2 Å². The van der Waals surface area contributed by atoms with Crippen LogP contribution in [0.4, 0.5) is 5.69 Å². The number of para-hydroxylation sites is 2. The van der Waals surface area contributed by atoms with Crippen molar-refractivity contribution in [1.82, 2.24) is 0 Å². The number of anilines is 1. The highest BCUT2D eigenvalue weighted by atomic mass is 32.2. The van der Waals surface area contributed by atoms with Gasteiger partial charge in [0, 0.05) is 0 Å². The van der Waals surface area contributed by atoms with E-state index in [1.165, 1.54) is 12.1 Å². The lowest BCUT2D eigenvalue weighted by molar-refractivity contribution is 0.0697. The summed E-state index contributed by atoms with van der Waals surface area (Å²) >= 11 is 0. The van der Waals surface area contributed by atoms with E-state index in [-0.39, 0.29) is 23.7 Å². The van der Waals surface area contributed by atoms with Gasteiger partial charge in [0.1, 0.15) is 24.7 Å². The smallest absolute Gasteiger partial charge is 0.335 e. The van der Waals surface area contributed by atoms with Gasteiger partial charge in [0.25, 0.3) is 10.0 Å². The molecule has 0 amide bonds. The summed E-state index contributed by atoms with van der Waals surface area (Å²) in [6, 6.07) is 16.5.